The molecule has 25 heavy (non-hydrogen) atoms. The molecule has 0 aliphatic heterocycles. The number of nitrogens with one attached hydrogen (secondary N) is 2. The number of ether oxygens (including phenoxy) is 2. The van der Waals surface area contributed by atoms with Crippen LogP contribution in [0.25, 0.3) is 0 Å². The minimum absolute atomic E-state index is 0.144. The lowest BCUT2D eigenvalue weighted by Crippen LogP contribution is -2.57. The zero-order valence-electron chi connectivity index (χ0n) is 17.3. The Morgan fingerprint density at radius 1 is 0.760 bits per heavy atom. The highest BCUT2D eigenvalue weighted by Gasteiger charge is 2.29. The lowest BCUT2D eigenvalue weighted by atomic mass is 9.85. The van der Waals surface area contributed by atoms with Gasteiger partial charge in [-0.1, -0.05) is 0 Å². The van der Waals surface area contributed by atoms with Crippen LogP contribution in [0.2, 0.25) is 0 Å². The molecule has 0 heterocycles. The molecular formula is C18H43N5O2. The van der Waals surface area contributed by atoms with Crippen molar-refractivity contribution in [3.05, 3.63) is 0 Å². The smallest absolute Gasteiger partial charge is 0.0701 e. The van der Waals surface area contributed by atoms with Gasteiger partial charge in [-0.05, 0) is 48.0 Å². The third-order valence-electron chi connectivity index (χ3n) is 3.64. The Morgan fingerprint density at radius 2 is 1.28 bits per heavy atom. The lowest BCUT2D eigenvalue weighted by Gasteiger charge is -2.36. The molecule has 0 saturated heterocycles. The second-order valence-electron chi connectivity index (χ2n) is 8.91. The summed E-state index contributed by atoms with van der Waals surface area (Å²) < 4.78 is 11.1. The number of nitrogens with two attached hydrogens (primary N) is 3. The van der Waals surface area contributed by atoms with Crippen molar-refractivity contribution in [3.63, 3.8) is 0 Å². The summed E-state index contributed by atoms with van der Waals surface area (Å²) in [5.74, 6) is 0. The summed E-state index contributed by atoms with van der Waals surface area (Å²) in [6.07, 6.45) is 0.812. The predicted octanol–water partition coefficient (Wildman–Crippen LogP) is 0.169. The van der Waals surface area contributed by atoms with E-state index in [9.17, 15) is 0 Å². The molecule has 0 saturated carbocycles. The zero-order chi connectivity index (χ0) is 19.6. The Labute approximate surface area is 154 Å². The van der Waals surface area contributed by atoms with E-state index in [2.05, 4.69) is 10.6 Å². The molecule has 0 aliphatic rings. The first-order valence-electron chi connectivity index (χ1n) is 9.27. The molecule has 7 nitrogen and oxygen atoms in total. The number of rotatable bonds is 15. The van der Waals surface area contributed by atoms with Crippen molar-refractivity contribution in [1.29, 1.82) is 0 Å². The molecule has 1 atom stereocenters. The van der Waals surface area contributed by atoms with Gasteiger partial charge in [-0.15, -0.1) is 0 Å². The fraction of sp³-hybridized carbons (Fsp3) is 1.00. The second kappa shape index (κ2) is 11.4. The summed E-state index contributed by atoms with van der Waals surface area (Å²) in [6, 6.07) is 0.144. The normalized spacial score (nSPS) is 14.8. The van der Waals surface area contributed by atoms with Gasteiger partial charge in [-0.25, -0.2) is 0 Å². The SMILES string of the molecule is CC(C)(N)CNCCOCCOCCNC(CC(C)(C)N)C(C)(C)N. The van der Waals surface area contributed by atoms with Gasteiger partial charge in [-0.2, -0.15) is 0 Å². The summed E-state index contributed by atoms with van der Waals surface area (Å²) in [6.45, 7) is 16.8. The largest absolute Gasteiger partial charge is 0.378 e. The van der Waals surface area contributed by atoms with E-state index < -0.39 is 0 Å². The van der Waals surface area contributed by atoms with Crippen molar-refractivity contribution in [2.75, 3.05) is 46.1 Å². The molecule has 0 radical (unpaired) electrons. The quantitative estimate of drug-likeness (QED) is 0.264. The van der Waals surface area contributed by atoms with Gasteiger partial charge in [0, 0.05) is 42.3 Å². The number of hydrogen-bond acceptors (Lipinski definition) is 7. The lowest BCUT2D eigenvalue weighted by molar-refractivity contribution is 0.0481. The van der Waals surface area contributed by atoms with Gasteiger partial charge in [0.05, 0.1) is 26.4 Å². The molecule has 1 unspecified atom stereocenters. The standard InChI is InChI=1S/C18H43N5O2/c1-16(2,19)13-15(18(5,6)21)23-8-10-25-12-11-24-9-7-22-14-17(3,4)20/h15,22-23H,7-14,19-21H2,1-6H3. The van der Waals surface area contributed by atoms with E-state index in [1.54, 1.807) is 0 Å². The van der Waals surface area contributed by atoms with Gasteiger partial charge in [0.25, 0.3) is 0 Å². The van der Waals surface area contributed by atoms with Crippen LogP contribution >= 0.6 is 0 Å². The van der Waals surface area contributed by atoms with Crippen molar-refractivity contribution in [2.24, 2.45) is 17.2 Å². The van der Waals surface area contributed by atoms with Crippen LogP contribution < -0.4 is 27.8 Å². The summed E-state index contributed by atoms with van der Waals surface area (Å²) in [7, 11) is 0. The molecular weight excluding hydrogens is 318 g/mol. The van der Waals surface area contributed by atoms with E-state index in [4.69, 9.17) is 26.7 Å². The molecule has 0 fully saturated rings. The van der Waals surface area contributed by atoms with Crippen LogP contribution in [-0.2, 0) is 9.47 Å². The molecule has 152 valence electrons. The highest BCUT2D eigenvalue weighted by molar-refractivity contribution is 4.93. The van der Waals surface area contributed by atoms with Crippen molar-refractivity contribution in [3.8, 4) is 0 Å². The Hall–Kier alpha value is -0.280. The molecule has 0 aromatic heterocycles. The highest BCUT2D eigenvalue weighted by atomic mass is 16.5. The van der Waals surface area contributed by atoms with Gasteiger partial charge < -0.3 is 37.3 Å². The van der Waals surface area contributed by atoms with E-state index >= 15 is 0 Å². The Morgan fingerprint density at radius 3 is 1.72 bits per heavy atom. The molecule has 0 rings (SSSR count). The molecule has 0 amide bonds. The topological polar surface area (TPSA) is 121 Å². The third-order valence-corrected chi connectivity index (χ3v) is 3.64. The summed E-state index contributed by atoms with van der Waals surface area (Å²) in [5.41, 5.74) is 17.5. The maximum absolute atomic E-state index is 6.24. The molecule has 0 aromatic rings. The maximum Gasteiger partial charge on any atom is 0.0701 e. The van der Waals surface area contributed by atoms with Gasteiger partial charge >= 0.3 is 0 Å². The molecule has 0 aliphatic carbocycles. The Bertz CT molecular complexity index is 332. The van der Waals surface area contributed by atoms with Crippen LogP contribution in [0, 0.1) is 0 Å². The van der Waals surface area contributed by atoms with Crippen molar-refractivity contribution in [2.45, 2.75) is 70.6 Å². The van der Waals surface area contributed by atoms with E-state index in [0.29, 0.717) is 26.4 Å². The van der Waals surface area contributed by atoms with Gasteiger partial charge in [0.1, 0.15) is 0 Å². The molecule has 0 aromatic carbocycles. The Kier molecular flexibility index (Phi) is 11.3. The monoisotopic (exact) mass is 361 g/mol. The molecule has 0 spiro atoms. The molecule has 7 heteroatoms. The first-order valence-corrected chi connectivity index (χ1v) is 9.27. The fourth-order valence-corrected chi connectivity index (χ4v) is 2.31. The van der Waals surface area contributed by atoms with Gasteiger partial charge in [0.15, 0.2) is 0 Å². The van der Waals surface area contributed by atoms with Gasteiger partial charge in [0.2, 0.25) is 0 Å². The van der Waals surface area contributed by atoms with E-state index in [1.165, 1.54) is 0 Å². The van der Waals surface area contributed by atoms with Crippen LogP contribution in [0.3, 0.4) is 0 Å². The first-order chi connectivity index (χ1) is 11.3. The van der Waals surface area contributed by atoms with E-state index in [0.717, 1.165) is 26.1 Å². The highest BCUT2D eigenvalue weighted by Crippen LogP contribution is 2.16. The summed E-state index contributed by atoms with van der Waals surface area (Å²) in [5, 5.41) is 6.72. The van der Waals surface area contributed by atoms with Crippen molar-refractivity contribution in [1.82, 2.24) is 10.6 Å². The van der Waals surface area contributed by atoms with Gasteiger partial charge in [-0.3, -0.25) is 0 Å². The van der Waals surface area contributed by atoms with E-state index in [-0.39, 0.29) is 22.7 Å². The first kappa shape index (κ1) is 24.7. The van der Waals surface area contributed by atoms with Crippen LogP contribution in [0.15, 0.2) is 0 Å². The van der Waals surface area contributed by atoms with Crippen molar-refractivity contribution >= 4 is 0 Å². The molecule has 8 N–H and O–H groups in total. The number of hydrogen-bond donors (Lipinski definition) is 5. The van der Waals surface area contributed by atoms with Crippen LogP contribution in [-0.4, -0.2) is 68.7 Å². The summed E-state index contributed by atoms with van der Waals surface area (Å²) >= 11 is 0. The zero-order valence-corrected chi connectivity index (χ0v) is 17.3. The van der Waals surface area contributed by atoms with Crippen LogP contribution in [0.5, 0.6) is 0 Å². The van der Waals surface area contributed by atoms with Crippen LogP contribution in [0.1, 0.15) is 48.0 Å². The average molecular weight is 362 g/mol. The summed E-state index contributed by atoms with van der Waals surface area (Å²) in [4.78, 5) is 0. The Balaban J connectivity index is 3.64. The van der Waals surface area contributed by atoms with E-state index in [1.807, 2.05) is 41.5 Å². The van der Waals surface area contributed by atoms with Crippen molar-refractivity contribution < 1.29 is 9.47 Å². The average Bonchev–Trinajstić information content (AvgIpc) is 2.39. The van der Waals surface area contributed by atoms with Crippen LogP contribution in [0.4, 0.5) is 0 Å². The third kappa shape index (κ3) is 16.9. The second-order valence-corrected chi connectivity index (χ2v) is 8.91. The minimum atomic E-state index is -0.329. The fourth-order valence-electron chi connectivity index (χ4n) is 2.31. The maximum atomic E-state index is 6.24. The molecule has 0 bridgehead atoms. The predicted molar refractivity (Wildman–Crippen MR) is 106 cm³/mol. The minimum Gasteiger partial charge on any atom is -0.378 e.